The fraction of sp³-hybridized carbons (Fsp3) is 0.600. The second-order valence-electron chi connectivity index (χ2n) is 8.08. The van der Waals surface area contributed by atoms with Crippen molar-refractivity contribution >= 4 is 46.1 Å². The van der Waals surface area contributed by atoms with Crippen LogP contribution in [0.25, 0.3) is 0 Å². The molecule has 0 heterocycles. The third kappa shape index (κ3) is 10.5. The zero-order valence-corrected chi connectivity index (χ0v) is 22.3. The van der Waals surface area contributed by atoms with Crippen molar-refractivity contribution in [1.82, 2.24) is 16.0 Å². The van der Waals surface area contributed by atoms with Gasteiger partial charge in [0.15, 0.2) is 5.96 Å². The van der Waals surface area contributed by atoms with Gasteiger partial charge < -0.3 is 20.7 Å². The molecular weight excluding hydrogens is 533 g/mol. The van der Waals surface area contributed by atoms with Crippen molar-refractivity contribution in [2.75, 3.05) is 13.6 Å². The van der Waals surface area contributed by atoms with Crippen molar-refractivity contribution < 1.29 is 17.9 Å². The molecule has 5 N–H and O–H groups in total. The number of nitrogens with one attached hydrogen (secondary N) is 3. The predicted octanol–water partition coefficient (Wildman–Crippen LogP) is 2.70. The smallest absolute Gasteiger partial charge is 0.408 e. The number of amides is 1. The zero-order chi connectivity index (χ0) is 23.0. The molecule has 1 aromatic rings. The summed E-state index contributed by atoms with van der Waals surface area (Å²) in [5, 5.41) is 14.5. The van der Waals surface area contributed by atoms with Gasteiger partial charge in [-0.05, 0) is 51.3 Å². The maximum atomic E-state index is 12.3. The summed E-state index contributed by atoms with van der Waals surface area (Å²) in [5.74, 6) is 0.558. The number of sulfonamides is 1. The van der Waals surface area contributed by atoms with Crippen LogP contribution in [0.2, 0.25) is 0 Å². The van der Waals surface area contributed by atoms with Crippen LogP contribution in [0, 0.1) is 0 Å². The van der Waals surface area contributed by atoms with Crippen LogP contribution in [-0.2, 0) is 21.3 Å². The van der Waals surface area contributed by atoms with E-state index < -0.39 is 27.3 Å². The van der Waals surface area contributed by atoms with Gasteiger partial charge in [-0.15, -0.1) is 24.0 Å². The van der Waals surface area contributed by atoms with Gasteiger partial charge in [0.1, 0.15) is 5.60 Å². The van der Waals surface area contributed by atoms with E-state index >= 15 is 0 Å². The minimum Gasteiger partial charge on any atom is -0.444 e. The lowest BCUT2D eigenvalue weighted by molar-refractivity contribution is 0.0448. The number of primary sulfonamides is 1. The number of carbonyl (C=O) groups excluding carboxylic acids is 1. The van der Waals surface area contributed by atoms with Crippen molar-refractivity contribution in [3.8, 4) is 0 Å². The molecule has 1 rings (SSSR count). The fourth-order valence-electron chi connectivity index (χ4n) is 2.70. The quantitative estimate of drug-likeness (QED) is 0.216. The van der Waals surface area contributed by atoms with E-state index in [2.05, 4.69) is 20.9 Å². The van der Waals surface area contributed by atoms with Crippen LogP contribution in [0.1, 0.15) is 53.0 Å². The van der Waals surface area contributed by atoms with E-state index in [9.17, 15) is 13.2 Å². The van der Waals surface area contributed by atoms with Gasteiger partial charge in [0, 0.05) is 20.1 Å². The number of hydrogen-bond acceptors (Lipinski definition) is 5. The first-order valence-corrected chi connectivity index (χ1v) is 11.5. The van der Waals surface area contributed by atoms with E-state index in [0.29, 0.717) is 31.9 Å². The molecule has 0 aliphatic carbocycles. The van der Waals surface area contributed by atoms with Crippen LogP contribution >= 0.6 is 24.0 Å². The zero-order valence-electron chi connectivity index (χ0n) is 19.1. The number of ether oxygens (including phenoxy) is 1. The number of alkyl carbamates (subject to hydrolysis) is 1. The molecule has 0 aliphatic rings. The van der Waals surface area contributed by atoms with Crippen LogP contribution in [0.4, 0.5) is 4.79 Å². The van der Waals surface area contributed by atoms with E-state index in [1.165, 1.54) is 12.1 Å². The molecule has 1 amide bonds. The van der Waals surface area contributed by atoms with Crippen molar-refractivity contribution in [1.29, 1.82) is 0 Å². The first kappa shape index (κ1) is 29.4. The minimum absolute atomic E-state index is 0. The average molecular weight is 570 g/mol. The highest BCUT2D eigenvalue weighted by Crippen LogP contribution is 2.16. The van der Waals surface area contributed by atoms with E-state index in [0.717, 1.165) is 5.56 Å². The van der Waals surface area contributed by atoms with Crippen LogP contribution in [-0.4, -0.2) is 45.2 Å². The SMILES string of the molecule is CCC(CC)(CNC(=NC)NCc1ccc(S(N)(=O)=O)cc1)NC(=O)OC(C)(C)C.I. The number of benzene rings is 1. The Labute approximate surface area is 203 Å². The number of aliphatic imine (C=N–C) groups is 1. The molecule has 0 spiro atoms. The van der Waals surface area contributed by atoms with Gasteiger partial charge in [0.05, 0.1) is 10.4 Å². The van der Waals surface area contributed by atoms with Gasteiger partial charge in [0.2, 0.25) is 10.0 Å². The van der Waals surface area contributed by atoms with Crippen LogP contribution in [0.15, 0.2) is 34.2 Å². The normalized spacial score (nSPS) is 12.5. The molecule has 1 aromatic carbocycles. The summed E-state index contributed by atoms with van der Waals surface area (Å²) in [6.07, 6.45) is 0.967. The summed E-state index contributed by atoms with van der Waals surface area (Å²) in [6, 6.07) is 6.30. The molecule has 0 radical (unpaired) electrons. The molecule has 0 saturated heterocycles. The highest BCUT2D eigenvalue weighted by atomic mass is 127. The van der Waals surface area contributed by atoms with Crippen LogP contribution in [0.3, 0.4) is 0 Å². The molecule has 0 atom stereocenters. The lowest BCUT2D eigenvalue weighted by Gasteiger charge is -2.34. The molecule has 0 saturated carbocycles. The third-order valence-electron chi connectivity index (χ3n) is 4.65. The maximum absolute atomic E-state index is 12.3. The number of hydrogen-bond donors (Lipinski definition) is 4. The Morgan fingerprint density at radius 3 is 2.06 bits per heavy atom. The molecule has 9 nitrogen and oxygen atoms in total. The summed E-state index contributed by atoms with van der Waals surface area (Å²) in [5.41, 5.74) is -0.187. The van der Waals surface area contributed by atoms with Crippen molar-refractivity contribution in [2.24, 2.45) is 10.1 Å². The maximum Gasteiger partial charge on any atom is 0.408 e. The Hall–Kier alpha value is -1.60. The standard InChI is InChI=1S/C20H35N5O4S.HI/c1-7-20(8-2,25-18(26)29-19(3,4)5)14-24-17(22-6)23-13-15-9-11-16(12-10-15)30(21,27)28;/h9-12H,7-8,13-14H2,1-6H3,(H,25,26)(H2,21,27,28)(H2,22,23,24);1H. The summed E-state index contributed by atoms with van der Waals surface area (Å²) in [6.45, 7) is 10.4. The highest BCUT2D eigenvalue weighted by molar-refractivity contribution is 14.0. The molecule has 0 fully saturated rings. The van der Waals surface area contributed by atoms with E-state index in [-0.39, 0.29) is 28.9 Å². The fourth-order valence-corrected chi connectivity index (χ4v) is 3.21. The number of halogens is 1. The van der Waals surface area contributed by atoms with Gasteiger partial charge in [-0.3, -0.25) is 4.99 Å². The van der Waals surface area contributed by atoms with Gasteiger partial charge in [-0.25, -0.2) is 18.4 Å². The van der Waals surface area contributed by atoms with Crippen LogP contribution in [0.5, 0.6) is 0 Å². The molecule has 0 unspecified atom stereocenters. The molecule has 0 aliphatic heterocycles. The molecule has 0 aromatic heterocycles. The van der Waals surface area contributed by atoms with E-state index in [4.69, 9.17) is 9.88 Å². The summed E-state index contributed by atoms with van der Waals surface area (Å²) < 4.78 is 28.1. The van der Waals surface area contributed by atoms with Crippen molar-refractivity contribution in [3.05, 3.63) is 29.8 Å². The minimum atomic E-state index is -3.71. The van der Waals surface area contributed by atoms with Crippen LogP contribution < -0.4 is 21.1 Å². The second kappa shape index (κ2) is 12.4. The topological polar surface area (TPSA) is 135 Å². The highest BCUT2D eigenvalue weighted by Gasteiger charge is 2.30. The van der Waals surface area contributed by atoms with Gasteiger partial charge in [-0.1, -0.05) is 26.0 Å². The number of guanidine groups is 1. The van der Waals surface area contributed by atoms with Gasteiger partial charge in [0.25, 0.3) is 0 Å². The van der Waals surface area contributed by atoms with Gasteiger partial charge in [-0.2, -0.15) is 0 Å². The second-order valence-corrected chi connectivity index (χ2v) is 9.64. The Morgan fingerprint density at radius 2 is 1.65 bits per heavy atom. The Bertz CT molecular complexity index is 832. The Morgan fingerprint density at radius 1 is 1.10 bits per heavy atom. The summed E-state index contributed by atoms with van der Waals surface area (Å²) in [7, 11) is -2.06. The Balaban J connectivity index is 0.00000900. The molecule has 178 valence electrons. The van der Waals surface area contributed by atoms with E-state index in [1.807, 2.05) is 34.6 Å². The largest absolute Gasteiger partial charge is 0.444 e. The Kier molecular flexibility index (Phi) is 11.8. The first-order chi connectivity index (χ1) is 13.8. The lowest BCUT2D eigenvalue weighted by atomic mass is 9.93. The van der Waals surface area contributed by atoms with Crippen molar-refractivity contribution in [2.45, 2.75) is 70.0 Å². The summed E-state index contributed by atoms with van der Waals surface area (Å²) in [4.78, 5) is 16.5. The number of carbonyl (C=O) groups is 1. The van der Waals surface area contributed by atoms with Gasteiger partial charge >= 0.3 is 6.09 Å². The molecule has 11 heteroatoms. The molecule has 31 heavy (non-hydrogen) atoms. The summed E-state index contributed by atoms with van der Waals surface area (Å²) >= 11 is 0. The first-order valence-electron chi connectivity index (χ1n) is 9.91. The monoisotopic (exact) mass is 569 g/mol. The molecular formula is C20H36IN5O4S. The van der Waals surface area contributed by atoms with Crippen molar-refractivity contribution in [3.63, 3.8) is 0 Å². The number of nitrogens with two attached hydrogens (primary N) is 1. The predicted molar refractivity (Wildman–Crippen MR) is 134 cm³/mol. The average Bonchev–Trinajstić information content (AvgIpc) is 2.65. The lowest BCUT2D eigenvalue weighted by Crippen LogP contribution is -2.57. The number of nitrogens with zero attached hydrogens (tertiary/aromatic N) is 1. The molecule has 0 bridgehead atoms. The third-order valence-corrected chi connectivity index (χ3v) is 5.58. The van der Waals surface area contributed by atoms with E-state index in [1.54, 1.807) is 19.2 Å². The number of rotatable bonds is 8.